The Kier molecular flexibility index (Phi) is 5.44. The summed E-state index contributed by atoms with van der Waals surface area (Å²) in [5, 5.41) is 8.86. The zero-order valence-corrected chi connectivity index (χ0v) is 11.6. The summed E-state index contributed by atoms with van der Waals surface area (Å²) in [6.45, 7) is 4.81. The van der Waals surface area contributed by atoms with E-state index in [-0.39, 0.29) is 24.5 Å². The van der Waals surface area contributed by atoms with Gasteiger partial charge >= 0.3 is 12.0 Å². The number of carboxylic acids is 1. The normalized spacial score (nSPS) is 19.3. The Morgan fingerprint density at radius 3 is 2.50 bits per heavy atom. The quantitative estimate of drug-likeness (QED) is 0.820. The van der Waals surface area contributed by atoms with Gasteiger partial charge in [0.2, 0.25) is 0 Å². The number of amides is 2. The minimum absolute atomic E-state index is 0.0209. The van der Waals surface area contributed by atoms with E-state index in [2.05, 4.69) is 13.8 Å². The van der Waals surface area contributed by atoms with Crippen molar-refractivity contribution in [3.8, 4) is 0 Å². The summed E-state index contributed by atoms with van der Waals surface area (Å²) >= 11 is 0. The highest BCUT2D eigenvalue weighted by molar-refractivity contribution is 5.76. The highest BCUT2D eigenvalue weighted by Crippen LogP contribution is 2.22. The second-order valence-corrected chi connectivity index (χ2v) is 4.95. The molecule has 104 valence electrons. The minimum atomic E-state index is -0.829. The lowest BCUT2D eigenvalue weighted by atomic mass is 10.1. The third-order valence-corrected chi connectivity index (χ3v) is 3.83. The largest absolute Gasteiger partial charge is 0.481 e. The van der Waals surface area contributed by atoms with Crippen molar-refractivity contribution in [2.75, 3.05) is 13.6 Å². The van der Waals surface area contributed by atoms with E-state index >= 15 is 0 Å². The smallest absolute Gasteiger partial charge is 0.320 e. The summed E-state index contributed by atoms with van der Waals surface area (Å²) in [5.41, 5.74) is 0. The maximum absolute atomic E-state index is 12.4. The Morgan fingerprint density at radius 1 is 1.39 bits per heavy atom. The van der Waals surface area contributed by atoms with Crippen molar-refractivity contribution < 1.29 is 14.7 Å². The monoisotopic (exact) mass is 256 g/mol. The van der Waals surface area contributed by atoms with Crippen molar-refractivity contribution in [1.29, 1.82) is 0 Å². The number of carbonyl (C=O) groups is 2. The molecule has 0 saturated carbocycles. The van der Waals surface area contributed by atoms with Gasteiger partial charge in [0.15, 0.2) is 0 Å². The van der Waals surface area contributed by atoms with Gasteiger partial charge in [0.1, 0.15) is 0 Å². The van der Waals surface area contributed by atoms with Gasteiger partial charge in [-0.05, 0) is 25.7 Å². The molecule has 1 aliphatic rings. The Bertz CT molecular complexity index is 303. The maximum Gasteiger partial charge on any atom is 0.320 e. The van der Waals surface area contributed by atoms with Crippen LogP contribution >= 0.6 is 0 Å². The first-order valence-electron chi connectivity index (χ1n) is 6.76. The third kappa shape index (κ3) is 3.37. The Hall–Kier alpha value is -1.26. The average Bonchev–Trinajstić information content (AvgIpc) is 2.76. The molecule has 0 bridgehead atoms. The predicted molar refractivity (Wildman–Crippen MR) is 69.5 cm³/mol. The molecule has 0 spiro atoms. The summed E-state index contributed by atoms with van der Waals surface area (Å²) < 4.78 is 0. The van der Waals surface area contributed by atoms with Crippen LogP contribution in [0.4, 0.5) is 4.79 Å². The number of carbonyl (C=O) groups excluding carboxylic acids is 1. The molecule has 18 heavy (non-hydrogen) atoms. The molecule has 0 aliphatic carbocycles. The van der Waals surface area contributed by atoms with E-state index in [0.29, 0.717) is 6.54 Å². The van der Waals surface area contributed by atoms with Crippen LogP contribution in [0.2, 0.25) is 0 Å². The van der Waals surface area contributed by atoms with Crippen molar-refractivity contribution in [2.45, 2.75) is 58.0 Å². The third-order valence-electron chi connectivity index (χ3n) is 3.83. The number of nitrogens with zero attached hydrogens (tertiary/aromatic N) is 2. The topological polar surface area (TPSA) is 60.9 Å². The number of carboxylic acid groups (broad SMARTS) is 1. The summed E-state index contributed by atoms with van der Waals surface area (Å²) in [4.78, 5) is 26.6. The molecule has 5 nitrogen and oxygen atoms in total. The first-order chi connectivity index (χ1) is 8.51. The molecular formula is C13H24N2O3. The van der Waals surface area contributed by atoms with Crippen LogP contribution in [-0.4, -0.2) is 52.6 Å². The first kappa shape index (κ1) is 14.8. The van der Waals surface area contributed by atoms with E-state index in [4.69, 9.17) is 5.11 Å². The number of hydrogen-bond acceptors (Lipinski definition) is 2. The Balaban J connectivity index is 2.67. The molecule has 0 radical (unpaired) electrons. The summed E-state index contributed by atoms with van der Waals surface area (Å²) in [5.74, 6) is -0.829. The zero-order chi connectivity index (χ0) is 13.7. The molecule has 1 rings (SSSR count). The van der Waals surface area contributed by atoms with Gasteiger partial charge in [0.05, 0.1) is 6.42 Å². The van der Waals surface area contributed by atoms with Crippen molar-refractivity contribution in [3.63, 3.8) is 0 Å². The van der Waals surface area contributed by atoms with Gasteiger partial charge in [-0.15, -0.1) is 0 Å². The number of urea groups is 1. The second kappa shape index (κ2) is 6.61. The number of hydrogen-bond donors (Lipinski definition) is 1. The molecule has 1 heterocycles. The van der Waals surface area contributed by atoms with Crippen molar-refractivity contribution >= 4 is 12.0 Å². The van der Waals surface area contributed by atoms with E-state index in [0.717, 1.165) is 25.7 Å². The molecule has 2 amide bonds. The fourth-order valence-electron chi connectivity index (χ4n) is 2.70. The van der Waals surface area contributed by atoms with E-state index in [9.17, 15) is 9.59 Å². The van der Waals surface area contributed by atoms with Crippen LogP contribution < -0.4 is 0 Å². The van der Waals surface area contributed by atoms with Crippen LogP contribution in [0.3, 0.4) is 0 Å². The molecule has 1 atom stereocenters. The molecule has 1 N–H and O–H groups in total. The molecule has 1 saturated heterocycles. The van der Waals surface area contributed by atoms with E-state index in [1.54, 1.807) is 9.80 Å². The predicted octanol–water partition coefficient (Wildman–Crippen LogP) is 2.17. The summed E-state index contributed by atoms with van der Waals surface area (Å²) in [6.07, 6.45) is 3.62. The maximum atomic E-state index is 12.4. The minimum Gasteiger partial charge on any atom is -0.481 e. The zero-order valence-electron chi connectivity index (χ0n) is 11.6. The lowest BCUT2D eigenvalue weighted by Crippen LogP contribution is -2.48. The molecule has 5 heteroatoms. The van der Waals surface area contributed by atoms with Crippen LogP contribution in [0.25, 0.3) is 0 Å². The Morgan fingerprint density at radius 2 is 2.00 bits per heavy atom. The Labute approximate surface area is 109 Å². The molecular weight excluding hydrogens is 232 g/mol. The van der Waals surface area contributed by atoms with Crippen LogP contribution in [-0.2, 0) is 4.79 Å². The lowest BCUT2D eigenvalue weighted by Gasteiger charge is -2.33. The van der Waals surface area contributed by atoms with Gasteiger partial charge in [-0.2, -0.15) is 0 Å². The molecule has 0 aromatic carbocycles. The van der Waals surface area contributed by atoms with Gasteiger partial charge < -0.3 is 14.9 Å². The highest BCUT2D eigenvalue weighted by atomic mass is 16.4. The summed E-state index contributed by atoms with van der Waals surface area (Å²) in [7, 11) is 1.82. The fraction of sp³-hybridized carbons (Fsp3) is 0.846. The standard InChI is InChI=1S/C13H24N2O3/c1-4-10(5-2)14(3)13(18)15-8-6-7-11(15)9-12(16)17/h10-11H,4-9H2,1-3H3,(H,16,17). The van der Waals surface area contributed by atoms with Crippen molar-refractivity contribution in [3.05, 3.63) is 0 Å². The second-order valence-electron chi connectivity index (χ2n) is 4.95. The van der Waals surface area contributed by atoms with Gasteiger partial charge in [-0.3, -0.25) is 4.79 Å². The van der Waals surface area contributed by atoms with Crippen LogP contribution in [0.1, 0.15) is 46.0 Å². The van der Waals surface area contributed by atoms with Crippen molar-refractivity contribution in [2.24, 2.45) is 0 Å². The SMILES string of the molecule is CCC(CC)N(C)C(=O)N1CCCC1CC(=O)O. The number of rotatable bonds is 5. The molecule has 0 aromatic heterocycles. The van der Waals surface area contributed by atoms with Crippen LogP contribution in [0.5, 0.6) is 0 Å². The molecule has 1 aliphatic heterocycles. The lowest BCUT2D eigenvalue weighted by molar-refractivity contribution is -0.138. The van der Waals surface area contributed by atoms with Gasteiger partial charge in [0, 0.05) is 25.7 Å². The molecule has 1 unspecified atom stereocenters. The number of aliphatic carboxylic acids is 1. The van der Waals surface area contributed by atoms with Crippen molar-refractivity contribution in [1.82, 2.24) is 9.80 Å². The van der Waals surface area contributed by atoms with E-state index < -0.39 is 5.97 Å². The first-order valence-corrected chi connectivity index (χ1v) is 6.76. The van der Waals surface area contributed by atoms with Crippen LogP contribution in [0, 0.1) is 0 Å². The number of likely N-dealkylation sites (tertiary alicyclic amines) is 1. The highest BCUT2D eigenvalue weighted by Gasteiger charge is 2.33. The van der Waals surface area contributed by atoms with Gasteiger partial charge in [0.25, 0.3) is 0 Å². The summed E-state index contributed by atoms with van der Waals surface area (Å²) in [6, 6.07) is 0.0860. The fourth-order valence-corrected chi connectivity index (χ4v) is 2.70. The van der Waals surface area contributed by atoms with E-state index in [1.807, 2.05) is 7.05 Å². The average molecular weight is 256 g/mol. The molecule has 1 fully saturated rings. The van der Waals surface area contributed by atoms with E-state index in [1.165, 1.54) is 0 Å². The van der Waals surface area contributed by atoms with Crippen LogP contribution in [0.15, 0.2) is 0 Å². The van der Waals surface area contributed by atoms with Gasteiger partial charge in [-0.1, -0.05) is 13.8 Å². The molecule has 0 aromatic rings. The van der Waals surface area contributed by atoms with Gasteiger partial charge in [-0.25, -0.2) is 4.79 Å².